The van der Waals surface area contributed by atoms with Gasteiger partial charge in [-0.25, -0.2) is 5.43 Å². The zero-order valence-electron chi connectivity index (χ0n) is 11.9. The molecule has 2 aromatic heterocycles. The number of hydrazone groups is 1. The number of hydrogen-bond acceptors (Lipinski definition) is 3. The summed E-state index contributed by atoms with van der Waals surface area (Å²) in [4.78, 5) is 11.7. The van der Waals surface area contributed by atoms with Gasteiger partial charge in [-0.15, -0.1) is 0 Å². The van der Waals surface area contributed by atoms with Crippen molar-refractivity contribution in [2.24, 2.45) is 12.1 Å². The van der Waals surface area contributed by atoms with Gasteiger partial charge in [0.2, 0.25) is 6.54 Å². The highest BCUT2D eigenvalue weighted by atomic mass is 16.2. The summed E-state index contributed by atoms with van der Waals surface area (Å²) in [5.74, 6) is -0.170. The van der Waals surface area contributed by atoms with Gasteiger partial charge in [-0.1, -0.05) is 6.07 Å². The Hall–Kier alpha value is -2.50. The van der Waals surface area contributed by atoms with E-state index in [4.69, 9.17) is 0 Å². The summed E-state index contributed by atoms with van der Waals surface area (Å²) in [5.41, 5.74) is 5.35. The number of nitrogens with zero attached hydrogens (tertiary/aromatic N) is 4. The molecule has 2 rings (SSSR count). The predicted molar refractivity (Wildman–Crippen MR) is 75.1 cm³/mol. The Bertz CT molecular complexity index is 631. The maximum atomic E-state index is 11.7. The van der Waals surface area contributed by atoms with Gasteiger partial charge >= 0.3 is 5.91 Å². The number of aryl methyl sites for hydroxylation is 2. The molecule has 104 valence electrons. The molecule has 0 bridgehead atoms. The Morgan fingerprint density at radius 1 is 1.40 bits per heavy atom. The fourth-order valence-electron chi connectivity index (χ4n) is 1.89. The highest BCUT2D eigenvalue weighted by Crippen LogP contribution is 2.08. The molecule has 6 nitrogen and oxygen atoms in total. The molecule has 20 heavy (non-hydrogen) atoms. The summed E-state index contributed by atoms with van der Waals surface area (Å²) in [7, 11) is 1.88. The number of aromatic nitrogens is 3. The Morgan fingerprint density at radius 3 is 2.70 bits per heavy atom. The Balaban J connectivity index is 1.95. The van der Waals surface area contributed by atoms with Gasteiger partial charge < -0.3 is 0 Å². The van der Waals surface area contributed by atoms with Crippen LogP contribution in [0.2, 0.25) is 0 Å². The monoisotopic (exact) mass is 272 g/mol. The second kappa shape index (κ2) is 6.10. The quantitative estimate of drug-likeness (QED) is 0.500. The standard InChI is InChI=1S/C14H17N5O/c1-11-13(12(2)18(3)17-11)9-15-16-14(20)10-19-7-5-4-6-8-19/h4-9H,10H2,1-3H3/p+1/b15-9-. The Labute approximate surface area is 117 Å². The van der Waals surface area contributed by atoms with Crippen LogP contribution in [0.4, 0.5) is 0 Å². The normalized spacial score (nSPS) is 10.9. The second-order valence-electron chi connectivity index (χ2n) is 4.55. The van der Waals surface area contributed by atoms with Gasteiger partial charge in [0, 0.05) is 30.4 Å². The van der Waals surface area contributed by atoms with Crippen molar-refractivity contribution in [3.8, 4) is 0 Å². The minimum Gasteiger partial charge on any atom is -0.272 e. The van der Waals surface area contributed by atoms with Crippen molar-refractivity contribution in [1.82, 2.24) is 15.2 Å². The third-order valence-corrected chi connectivity index (χ3v) is 3.05. The molecular weight excluding hydrogens is 254 g/mol. The molecule has 0 saturated heterocycles. The number of rotatable bonds is 4. The van der Waals surface area contributed by atoms with Crippen LogP contribution in [0.15, 0.2) is 35.7 Å². The van der Waals surface area contributed by atoms with Crippen LogP contribution in [-0.4, -0.2) is 21.9 Å². The van der Waals surface area contributed by atoms with E-state index in [1.807, 2.05) is 51.5 Å². The molecule has 0 aliphatic carbocycles. The smallest absolute Gasteiger partial charge is 0.272 e. The van der Waals surface area contributed by atoms with E-state index in [0.717, 1.165) is 17.0 Å². The van der Waals surface area contributed by atoms with Gasteiger partial charge in [-0.05, 0) is 13.8 Å². The predicted octanol–water partition coefficient (Wildman–Crippen LogP) is 0.475. The van der Waals surface area contributed by atoms with E-state index >= 15 is 0 Å². The summed E-state index contributed by atoms with van der Waals surface area (Å²) in [5, 5.41) is 8.27. The summed E-state index contributed by atoms with van der Waals surface area (Å²) in [6.45, 7) is 4.11. The van der Waals surface area contributed by atoms with Crippen molar-refractivity contribution >= 4 is 12.1 Å². The maximum absolute atomic E-state index is 11.7. The van der Waals surface area contributed by atoms with E-state index < -0.39 is 0 Å². The molecule has 0 fully saturated rings. The minimum absolute atomic E-state index is 0.170. The molecular formula is C14H18N5O+. The second-order valence-corrected chi connectivity index (χ2v) is 4.55. The topological polar surface area (TPSA) is 63.2 Å². The lowest BCUT2D eigenvalue weighted by Gasteiger charge is -1.97. The van der Waals surface area contributed by atoms with Gasteiger partial charge in [0.25, 0.3) is 0 Å². The SMILES string of the molecule is Cc1nn(C)c(C)c1/C=N\NC(=O)C[n+]1ccccc1. The van der Waals surface area contributed by atoms with Crippen molar-refractivity contribution in [1.29, 1.82) is 0 Å². The molecule has 0 saturated carbocycles. The van der Waals surface area contributed by atoms with Gasteiger partial charge in [-0.2, -0.15) is 14.8 Å². The lowest BCUT2D eigenvalue weighted by molar-refractivity contribution is -0.684. The van der Waals surface area contributed by atoms with Gasteiger partial charge in [0.1, 0.15) is 0 Å². The van der Waals surface area contributed by atoms with Crippen LogP contribution in [0, 0.1) is 13.8 Å². The first-order chi connectivity index (χ1) is 9.58. The number of amides is 1. The number of nitrogens with one attached hydrogen (secondary N) is 1. The van der Waals surface area contributed by atoms with Crippen LogP contribution < -0.4 is 9.99 Å². The largest absolute Gasteiger partial charge is 0.305 e. The number of carbonyl (C=O) groups excluding carboxylic acids is 1. The van der Waals surface area contributed by atoms with Crippen LogP contribution in [0.5, 0.6) is 0 Å². The van der Waals surface area contributed by atoms with Gasteiger partial charge in [0.05, 0.1) is 11.9 Å². The molecule has 0 aliphatic heterocycles. The van der Waals surface area contributed by atoms with Crippen LogP contribution in [0.25, 0.3) is 0 Å². The summed E-state index contributed by atoms with van der Waals surface area (Å²) < 4.78 is 3.57. The molecule has 1 N–H and O–H groups in total. The van der Waals surface area contributed by atoms with E-state index in [0.29, 0.717) is 0 Å². The molecule has 0 aliphatic rings. The van der Waals surface area contributed by atoms with E-state index in [1.54, 1.807) is 15.5 Å². The van der Waals surface area contributed by atoms with Crippen molar-refractivity contribution < 1.29 is 9.36 Å². The Kier molecular flexibility index (Phi) is 4.24. The van der Waals surface area contributed by atoms with Crippen LogP contribution >= 0.6 is 0 Å². The maximum Gasteiger partial charge on any atom is 0.305 e. The molecule has 6 heteroatoms. The highest BCUT2D eigenvalue weighted by Gasteiger charge is 2.08. The molecule has 2 aromatic rings. The third-order valence-electron chi connectivity index (χ3n) is 3.05. The summed E-state index contributed by atoms with van der Waals surface area (Å²) >= 11 is 0. The molecule has 0 unspecified atom stereocenters. The minimum atomic E-state index is -0.170. The average molecular weight is 272 g/mol. The lowest BCUT2D eigenvalue weighted by Crippen LogP contribution is -2.40. The molecule has 0 spiro atoms. The number of pyridine rings is 1. The molecule has 0 atom stereocenters. The van der Waals surface area contributed by atoms with Crippen molar-refractivity contribution in [2.45, 2.75) is 20.4 Å². The molecule has 0 radical (unpaired) electrons. The average Bonchev–Trinajstić information content (AvgIpc) is 2.66. The number of carbonyl (C=O) groups is 1. The molecule has 1 amide bonds. The first kappa shape index (κ1) is 13.9. The van der Waals surface area contributed by atoms with Crippen molar-refractivity contribution in [3.05, 3.63) is 47.5 Å². The molecule has 2 heterocycles. The molecule has 0 aromatic carbocycles. The van der Waals surface area contributed by atoms with Gasteiger partial charge in [-0.3, -0.25) is 9.48 Å². The lowest BCUT2D eigenvalue weighted by atomic mass is 10.2. The fraction of sp³-hybridized carbons (Fsp3) is 0.286. The van der Waals surface area contributed by atoms with Crippen LogP contribution in [-0.2, 0) is 18.4 Å². The van der Waals surface area contributed by atoms with Crippen LogP contribution in [0.3, 0.4) is 0 Å². The van der Waals surface area contributed by atoms with E-state index in [-0.39, 0.29) is 12.5 Å². The van der Waals surface area contributed by atoms with Gasteiger partial charge in [0.15, 0.2) is 12.4 Å². The van der Waals surface area contributed by atoms with E-state index in [9.17, 15) is 4.79 Å². The third kappa shape index (κ3) is 3.28. The van der Waals surface area contributed by atoms with E-state index in [2.05, 4.69) is 15.6 Å². The van der Waals surface area contributed by atoms with Crippen LogP contribution in [0.1, 0.15) is 17.0 Å². The first-order valence-corrected chi connectivity index (χ1v) is 6.34. The zero-order valence-corrected chi connectivity index (χ0v) is 11.9. The fourth-order valence-corrected chi connectivity index (χ4v) is 1.89. The van der Waals surface area contributed by atoms with Crippen molar-refractivity contribution in [3.63, 3.8) is 0 Å². The summed E-state index contributed by atoms with van der Waals surface area (Å²) in [6.07, 6.45) is 5.29. The highest BCUT2D eigenvalue weighted by molar-refractivity contribution is 5.84. The Morgan fingerprint density at radius 2 is 2.10 bits per heavy atom. The zero-order chi connectivity index (χ0) is 14.5. The van der Waals surface area contributed by atoms with Crippen molar-refractivity contribution in [2.75, 3.05) is 0 Å². The van der Waals surface area contributed by atoms with E-state index in [1.165, 1.54) is 0 Å². The summed E-state index contributed by atoms with van der Waals surface area (Å²) in [6, 6.07) is 5.65. The first-order valence-electron chi connectivity index (χ1n) is 6.34. The number of hydrogen-bond donors (Lipinski definition) is 1.